The fraction of sp³-hybridized carbons (Fsp3) is 0.400. The van der Waals surface area contributed by atoms with E-state index >= 15 is 0 Å². The molecule has 0 saturated carbocycles. The first-order chi connectivity index (χ1) is 15.4. The van der Waals surface area contributed by atoms with Crippen LogP contribution in [-0.2, 0) is 17.5 Å². The van der Waals surface area contributed by atoms with Crippen LogP contribution in [0.2, 0.25) is 0 Å². The van der Waals surface area contributed by atoms with E-state index in [4.69, 9.17) is 4.74 Å². The summed E-state index contributed by atoms with van der Waals surface area (Å²) in [5.74, 6) is 0.211. The number of halogens is 3. The molecule has 1 aliphatic heterocycles. The fourth-order valence-electron chi connectivity index (χ4n) is 3.41. The molecule has 4 rings (SSSR count). The summed E-state index contributed by atoms with van der Waals surface area (Å²) in [6.07, 6.45) is -0.920. The quantitative estimate of drug-likeness (QED) is 0.442. The van der Waals surface area contributed by atoms with Crippen LogP contribution in [0.4, 0.5) is 19.0 Å². The van der Waals surface area contributed by atoms with Crippen LogP contribution in [0.3, 0.4) is 0 Å². The van der Waals surface area contributed by atoms with Gasteiger partial charge in [0.1, 0.15) is 5.82 Å². The number of nitrogens with one attached hydrogen (secondary N) is 1. The van der Waals surface area contributed by atoms with Gasteiger partial charge in [-0.05, 0) is 24.5 Å². The van der Waals surface area contributed by atoms with Gasteiger partial charge in [0.15, 0.2) is 10.8 Å². The molecule has 12 heteroatoms. The van der Waals surface area contributed by atoms with Gasteiger partial charge in [0.05, 0.1) is 36.9 Å². The summed E-state index contributed by atoms with van der Waals surface area (Å²) in [5, 5.41) is 8.44. The molecule has 1 saturated heterocycles. The van der Waals surface area contributed by atoms with Crippen LogP contribution in [0, 0.1) is 0 Å². The smallest absolute Gasteiger partial charge is 0.378 e. The molecule has 170 valence electrons. The highest BCUT2D eigenvalue weighted by molar-refractivity contribution is 7.98. The van der Waals surface area contributed by atoms with Crippen molar-refractivity contribution in [2.24, 2.45) is 0 Å². The minimum Gasteiger partial charge on any atom is -0.378 e. The van der Waals surface area contributed by atoms with E-state index in [0.717, 1.165) is 36.4 Å². The molecule has 1 aromatic carbocycles. The van der Waals surface area contributed by atoms with Crippen LogP contribution in [0.1, 0.15) is 15.9 Å². The summed E-state index contributed by atoms with van der Waals surface area (Å²) >= 11 is 1.42. The van der Waals surface area contributed by atoms with Gasteiger partial charge in [0.25, 0.3) is 5.91 Å². The first-order valence-electron chi connectivity index (χ1n) is 9.92. The van der Waals surface area contributed by atoms with Crippen molar-refractivity contribution in [3.8, 4) is 0 Å². The van der Waals surface area contributed by atoms with Gasteiger partial charge < -0.3 is 15.0 Å². The maximum Gasteiger partial charge on any atom is 0.416 e. The summed E-state index contributed by atoms with van der Waals surface area (Å²) in [7, 11) is 0. The van der Waals surface area contributed by atoms with E-state index in [9.17, 15) is 18.0 Å². The van der Waals surface area contributed by atoms with Crippen molar-refractivity contribution in [3.63, 3.8) is 0 Å². The number of anilines is 1. The molecule has 3 aromatic rings. The van der Waals surface area contributed by atoms with E-state index in [2.05, 4.69) is 25.3 Å². The summed E-state index contributed by atoms with van der Waals surface area (Å²) < 4.78 is 45.7. The van der Waals surface area contributed by atoms with Crippen LogP contribution in [0.15, 0.2) is 35.6 Å². The largest absolute Gasteiger partial charge is 0.416 e. The van der Waals surface area contributed by atoms with Gasteiger partial charge in [-0.1, -0.05) is 17.8 Å². The van der Waals surface area contributed by atoms with Gasteiger partial charge in [-0.3, -0.25) is 4.79 Å². The number of thioether (sulfide) groups is 1. The number of amides is 1. The van der Waals surface area contributed by atoms with E-state index in [1.807, 2.05) is 6.26 Å². The molecule has 1 amide bonds. The highest BCUT2D eigenvalue weighted by Crippen LogP contribution is 2.29. The van der Waals surface area contributed by atoms with E-state index < -0.39 is 17.6 Å². The third-order valence-corrected chi connectivity index (χ3v) is 5.56. The molecule has 0 aliphatic carbocycles. The zero-order chi connectivity index (χ0) is 22.7. The molecule has 0 bridgehead atoms. The van der Waals surface area contributed by atoms with Crippen LogP contribution in [0.5, 0.6) is 0 Å². The van der Waals surface area contributed by atoms with Crippen LogP contribution >= 0.6 is 11.8 Å². The molecule has 2 aromatic heterocycles. The number of rotatable bonds is 6. The van der Waals surface area contributed by atoms with Gasteiger partial charge >= 0.3 is 6.18 Å². The minimum atomic E-state index is -4.50. The standard InChI is InChI=1S/C20H21F3N6O2S/c1-32-19-26-16(28-7-9-31-10-8-28)15-12-25-29(17(15)27-19)6-5-24-18(30)13-3-2-4-14(11-13)20(21,22)23/h2-4,11-12H,5-10H2,1H3,(H,24,30). The minimum absolute atomic E-state index is 0.0493. The van der Waals surface area contributed by atoms with Gasteiger partial charge in [-0.2, -0.15) is 18.3 Å². The summed E-state index contributed by atoms with van der Waals surface area (Å²) in [5.41, 5.74) is -0.272. The lowest BCUT2D eigenvalue weighted by Crippen LogP contribution is -2.37. The van der Waals surface area contributed by atoms with E-state index in [-0.39, 0.29) is 12.1 Å². The maximum absolute atomic E-state index is 12.9. The van der Waals surface area contributed by atoms with Gasteiger partial charge in [0.2, 0.25) is 0 Å². The Hall–Kier alpha value is -2.86. The molecular weight excluding hydrogens is 445 g/mol. The van der Waals surface area contributed by atoms with Crippen molar-refractivity contribution < 1.29 is 22.7 Å². The van der Waals surface area contributed by atoms with Gasteiger partial charge in [-0.15, -0.1) is 0 Å². The summed E-state index contributed by atoms with van der Waals surface area (Å²) in [4.78, 5) is 23.7. The lowest BCUT2D eigenvalue weighted by atomic mass is 10.1. The Morgan fingerprint density at radius 3 is 2.75 bits per heavy atom. The highest BCUT2D eigenvalue weighted by atomic mass is 32.2. The third-order valence-electron chi connectivity index (χ3n) is 5.01. The topological polar surface area (TPSA) is 85.2 Å². The van der Waals surface area contributed by atoms with Crippen molar-refractivity contribution in [1.29, 1.82) is 0 Å². The molecule has 32 heavy (non-hydrogen) atoms. The molecule has 1 N–H and O–H groups in total. The highest BCUT2D eigenvalue weighted by Gasteiger charge is 2.30. The molecule has 0 radical (unpaired) electrons. The molecule has 8 nitrogen and oxygen atoms in total. The van der Waals surface area contributed by atoms with Crippen LogP contribution in [-0.4, -0.2) is 64.8 Å². The van der Waals surface area contributed by atoms with E-state index in [1.165, 1.54) is 23.9 Å². The average Bonchev–Trinajstić information content (AvgIpc) is 3.21. The van der Waals surface area contributed by atoms with Crippen molar-refractivity contribution >= 4 is 34.5 Å². The number of hydrogen-bond acceptors (Lipinski definition) is 7. The number of benzene rings is 1. The monoisotopic (exact) mass is 466 g/mol. The lowest BCUT2D eigenvalue weighted by Gasteiger charge is -2.28. The number of alkyl halides is 3. The molecule has 3 heterocycles. The number of fused-ring (bicyclic) bond motifs is 1. The molecule has 0 unspecified atom stereocenters. The zero-order valence-corrected chi connectivity index (χ0v) is 18.0. The first-order valence-corrected chi connectivity index (χ1v) is 11.1. The number of ether oxygens (including phenoxy) is 1. The molecule has 1 aliphatic rings. The zero-order valence-electron chi connectivity index (χ0n) is 17.2. The van der Waals surface area contributed by atoms with Gasteiger partial charge in [0, 0.05) is 25.2 Å². The number of nitrogens with zero attached hydrogens (tertiary/aromatic N) is 5. The summed E-state index contributed by atoms with van der Waals surface area (Å²) in [6, 6.07) is 4.33. The number of carbonyl (C=O) groups excluding carboxylic acids is 1. The number of carbonyl (C=O) groups is 1. The maximum atomic E-state index is 12.9. The average molecular weight is 466 g/mol. The van der Waals surface area contributed by atoms with Crippen LogP contribution in [0.25, 0.3) is 11.0 Å². The Morgan fingerprint density at radius 2 is 2.03 bits per heavy atom. The van der Waals surface area contributed by atoms with Crippen LogP contribution < -0.4 is 10.2 Å². The van der Waals surface area contributed by atoms with Crippen molar-refractivity contribution in [1.82, 2.24) is 25.1 Å². The fourth-order valence-corrected chi connectivity index (χ4v) is 3.76. The number of morpholine rings is 1. The van der Waals surface area contributed by atoms with Crippen molar-refractivity contribution in [3.05, 3.63) is 41.6 Å². The van der Waals surface area contributed by atoms with Crippen molar-refractivity contribution in [2.45, 2.75) is 17.9 Å². The SMILES string of the molecule is CSc1nc(N2CCOCC2)c2cnn(CCNC(=O)c3cccc(C(F)(F)F)c3)c2n1. The molecule has 1 fully saturated rings. The lowest BCUT2D eigenvalue weighted by molar-refractivity contribution is -0.137. The molecule has 0 atom stereocenters. The normalized spacial score (nSPS) is 14.7. The summed E-state index contributed by atoms with van der Waals surface area (Å²) in [6.45, 7) is 3.17. The third kappa shape index (κ3) is 4.80. The second-order valence-corrected chi connectivity index (χ2v) is 7.85. The Bertz CT molecular complexity index is 1110. The Labute approximate surface area is 186 Å². The number of aromatic nitrogens is 4. The predicted molar refractivity (Wildman–Crippen MR) is 114 cm³/mol. The Morgan fingerprint density at radius 1 is 1.25 bits per heavy atom. The number of hydrogen-bond donors (Lipinski definition) is 1. The van der Waals surface area contributed by atoms with E-state index in [1.54, 1.807) is 10.9 Å². The van der Waals surface area contributed by atoms with Gasteiger partial charge in [-0.25, -0.2) is 14.6 Å². The predicted octanol–water partition coefficient (Wildman–Crippen LogP) is 2.83. The second-order valence-electron chi connectivity index (χ2n) is 7.07. The van der Waals surface area contributed by atoms with E-state index in [0.29, 0.717) is 30.6 Å². The molecular formula is C20H21F3N6O2S. The molecule has 0 spiro atoms. The Kier molecular flexibility index (Phi) is 6.51. The second kappa shape index (κ2) is 9.33. The van der Waals surface area contributed by atoms with Crippen molar-refractivity contribution in [2.75, 3.05) is 44.0 Å². The Balaban J connectivity index is 1.48. The first kappa shape index (κ1) is 22.3.